The highest BCUT2D eigenvalue weighted by Crippen LogP contribution is 2.31. The van der Waals surface area contributed by atoms with Gasteiger partial charge in [0.25, 0.3) is 0 Å². The lowest BCUT2D eigenvalue weighted by atomic mass is 9.87. The van der Waals surface area contributed by atoms with Crippen molar-refractivity contribution in [2.24, 2.45) is 0 Å². The van der Waals surface area contributed by atoms with Gasteiger partial charge in [0.2, 0.25) is 0 Å². The molecule has 0 bridgehead atoms. The molecule has 29 heavy (non-hydrogen) atoms. The van der Waals surface area contributed by atoms with Crippen molar-refractivity contribution < 1.29 is 19.7 Å². The summed E-state index contributed by atoms with van der Waals surface area (Å²) in [7, 11) is 0. The fourth-order valence-corrected chi connectivity index (χ4v) is 4.00. The lowest BCUT2D eigenvalue weighted by Crippen LogP contribution is -2.40. The minimum absolute atomic E-state index is 0.0102. The van der Waals surface area contributed by atoms with Crippen LogP contribution in [0.3, 0.4) is 0 Å². The standard InChI is InChI=1S/C24H27NO4/c26-11-12-28-20-7-5-18(6-8-20)22-9-10-25-15-24(22)29-16-17-13-19-3-1-2-4-21(19)23(27)14-17/h1-8,13-14,22,24-27H,9-12,15-16H2. The molecule has 1 aliphatic rings. The molecule has 0 amide bonds. The maximum Gasteiger partial charge on any atom is 0.123 e. The maximum absolute atomic E-state index is 10.3. The average molecular weight is 393 g/mol. The Bertz CT molecular complexity index is 941. The summed E-state index contributed by atoms with van der Waals surface area (Å²) in [5.41, 5.74) is 2.20. The quantitative estimate of drug-likeness (QED) is 0.572. The van der Waals surface area contributed by atoms with Crippen molar-refractivity contribution in [3.8, 4) is 11.5 Å². The first-order valence-electron chi connectivity index (χ1n) is 10.1. The van der Waals surface area contributed by atoms with Crippen molar-refractivity contribution >= 4 is 10.8 Å². The van der Waals surface area contributed by atoms with E-state index in [1.54, 1.807) is 6.07 Å². The van der Waals surface area contributed by atoms with Crippen LogP contribution in [0.5, 0.6) is 11.5 Å². The zero-order chi connectivity index (χ0) is 20.1. The zero-order valence-corrected chi connectivity index (χ0v) is 16.4. The van der Waals surface area contributed by atoms with Crippen LogP contribution in [-0.4, -0.2) is 42.6 Å². The maximum atomic E-state index is 10.3. The smallest absolute Gasteiger partial charge is 0.123 e. The molecule has 1 aliphatic heterocycles. The van der Waals surface area contributed by atoms with Crippen LogP contribution in [0.15, 0.2) is 60.7 Å². The molecule has 0 aliphatic carbocycles. The molecular formula is C24H27NO4. The number of hydrogen-bond donors (Lipinski definition) is 3. The van der Waals surface area contributed by atoms with E-state index in [-0.39, 0.29) is 12.7 Å². The van der Waals surface area contributed by atoms with Crippen LogP contribution < -0.4 is 10.1 Å². The molecule has 3 aromatic rings. The number of nitrogens with one attached hydrogen (secondary N) is 1. The summed E-state index contributed by atoms with van der Waals surface area (Å²) >= 11 is 0. The van der Waals surface area contributed by atoms with E-state index < -0.39 is 0 Å². The van der Waals surface area contributed by atoms with Gasteiger partial charge in [0.15, 0.2) is 0 Å². The van der Waals surface area contributed by atoms with E-state index in [0.717, 1.165) is 41.6 Å². The minimum atomic E-state index is 0.0102. The van der Waals surface area contributed by atoms with Gasteiger partial charge in [0.1, 0.15) is 18.1 Å². The SMILES string of the molecule is OCCOc1ccc(C2CCNCC2OCc2cc(O)c3ccccc3c2)cc1. The number of benzene rings is 3. The lowest BCUT2D eigenvalue weighted by molar-refractivity contribution is 0.0106. The summed E-state index contributed by atoms with van der Waals surface area (Å²) in [6.45, 7) is 2.53. The van der Waals surface area contributed by atoms with Gasteiger partial charge >= 0.3 is 0 Å². The highest BCUT2D eigenvalue weighted by molar-refractivity contribution is 5.88. The number of phenols is 1. The average Bonchev–Trinajstić information content (AvgIpc) is 2.77. The van der Waals surface area contributed by atoms with Crippen LogP contribution in [0.2, 0.25) is 0 Å². The fraction of sp³-hybridized carbons (Fsp3) is 0.333. The van der Waals surface area contributed by atoms with Crippen LogP contribution in [0.4, 0.5) is 0 Å². The second-order valence-electron chi connectivity index (χ2n) is 7.43. The lowest BCUT2D eigenvalue weighted by Gasteiger charge is -2.32. The summed E-state index contributed by atoms with van der Waals surface area (Å²) in [6, 6.07) is 19.8. The number of aliphatic hydroxyl groups is 1. The summed E-state index contributed by atoms with van der Waals surface area (Å²) in [4.78, 5) is 0. The highest BCUT2D eigenvalue weighted by atomic mass is 16.5. The number of fused-ring (bicyclic) bond motifs is 1. The van der Waals surface area contributed by atoms with Crippen molar-refractivity contribution in [3.05, 3.63) is 71.8 Å². The molecule has 3 N–H and O–H groups in total. The third kappa shape index (κ3) is 4.70. The molecule has 0 radical (unpaired) electrons. The summed E-state index contributed by atoms with van der Waals surface area (Å²) < 4.78 is 11.8. The number of piperidine rings is 1. The van der Waals surface area contributed by atoms with Gasteiger partial charge in [-0.2, -0.15) is 0 Å². The summed E-state index contributed by atoms with van der Waals surface area (Å²) in [6.07, 6.45) is 1.06. The molecule has 0 spiro atoms. The number of rotatable bonds is 7. The molecule has 4 rings (SSSR count). The minimum Gasteiger partial charge on any atom is -0.507 e. The van der Waals surface area contributed by atoms with Crippen LogP contribution in [0.25, 0.3) is 10.8 Å². The van der Waals surface area contributed by atoms with Crippen molar-refractivity contribution in [1.82, 2.24) is 5.32 Å². The first kappa shape index (κ1) is 19.7. The number of aromatic hydroxyl groups is 1. The number of ether oxygens (including phenoxy) is 2. The summed E-state index contributed by atoms with van der Waals surface area (Å²) in [5, 5.41) is 24.5. The van der Waals surface area contributed by atoms with Gasteiger partial charge in [-0.25, -0.2) is 0 Å². The molecule has 5 heteroatoms. The van der Waals surface area contributed by atoms with Gasteiger partial charge in [0.05, 0.1) is 19.3 Å². The van der Waals surface area contributed by atoms with Gasteiger partial charge in [-0.05, 0) is 53.7 Å². The first-order chi connectivity index (χ1) is 14.2. The molecule has 1 heterocycles. The molecular weight excluding hydrogens is 366 g/mol. The Kier molecular flexibility index (Phi) is 6.30. The van der Waals surface area contributed by atoms with Crippen molar-refractivity contribution in [3.63, 3.8) is 0 Å². The third-order valence-electron chi connectivity index (χ3n) is 5.46. The van der Waals surface area contributed by atoms with Crippen molar-refractivity contribution in [1.29, 1.82) is 0 Å². The Morgan fingerprint density at radius 2 is 1.86 bits per heavy atom. The van der Waals surface area contributed by atoms with E-state index >= 15 is 0 Å². The van der Waals surface area contributed by atoms with Gasteiger partial charge in [0, 0.05) is 17.8 Å². The van der Waals surface area contributed by atoms with Gasteiger partial charge < -0.3 is 25.0 Å². The van der Waals surface area contributed by atoms with Crippen LogP contribution in [0.1, 0.15) is 23.5 Å². The van der Waals surface area contributed by atoms with Crippen LogP contribution >= 0.6 is 0 Å². The predicted molar refractivity (Wildman–Crippen MR) is 113 cm³/mol. The Balaban J connectivity index is 1.45. The number of aliphatic hydroxyl groups excluding tert-OH is 1. The Morgan fingerprint density at radius 1 is 1.03 bits per heavy atom. The van der Waals surface area contributed by atoms with Gasteiger partial charge in [-0.3, -0.25) is 0 Å². The van der Waals surface area contributed by atoms with Crippen molar-refractivity contribution in [2.75, 3.05) is 26.3 Å². The number of phenolic OH excluding ortho intramolecular Hbond substituents is 1. The molecule has 1 fully saturated rings. The van der Waals surface area contributed by atoms with Crippen LogP contribution in [-0.2, 0) is 11.3 Å². The second-order valence-corrected chi connectivity index (χ2v) is 7.43. The van der Waals surface area contributed by atoms with E-state index in [1.807, 2.05) is 36.4 Å². The third-order valence-corrected chi connectivity index (χ3v) is 5.46. The Morgan fingerprint density at radius 3 is 2.69 bits per heavy atom. The Hall–Kier alpha value is -2.60. The monoisotopic (exact) mass is 393 g/mol. The topological polar surface area (TPSA) is 71.0 Å². The van der Waals surface area contributed by atoms with E-state index in [9.17, 15) is 5.11 Å². The van der Waals surface area contributed by atoms with Crippen molar-refractivity contribution in [2.45, 2.75) is 25.0 Å². The van der Waals surface area contributed by atoms with Gasteiger partial charge in [-0.15, -0.1) is 0 Å². The number of hydrogen-bond acceptors (Lipinski definition) is 5. The predicted octanol–water partition coefficient (Wildman–Crippen LogP) is 3.58. The first-order valence-corrected chi connectivity index (χ1v) is 10.1. The Labute approximate surface area is 170 Å². The van der Waals surface area contributed by atoms with E-state index in [1.165, 1.54) is 5.56 Å². The molecule has 1 saturated heterocycles. The fourth-order valence-electron chi connectivity index (χ4n) is 4.00. The molecule has 5 nitrogen and oxygen atoms in total. The molecule has 0 aromatic heterocycles. The van der Waals surface area contributed by atoms with Gasteiger partial charge in [-0.1, -0.05) is 36.4 Å². The molecule has 152 valence electrons. The normalized spacial score (nSPS) is 19.3. The highest BCUT2D eigenvalue weighted by Gasteiger charge is 2.27. The second kappa shape index (κ2) is 9.27. The molecule has 0 saturated carbocycles. The summed E-state index contributed by atoms with van der Waals surface area (Å²) in [5.74, 6) is 1.36. The molecule has 3 aromatic carbocycles. The van der Waals surface area contributed by atoms with E-state index in [0.29, 0.717) is 24.9 Å². The van der Waals surface area contributed by atoms with Crippen LogP contribution in [0, 0.1) is 0 Å². The molecule has 2 unspecified atom stereocenters. The largest absolute Gasteiger partial charge is 0.507 e. The zero-order valence-electron chi connectivity index (χ0n) is 16.4. The van der Waals surface area contributed by atoms with E-state index in [2.05, 4.69) is 23.5 Å². The molecule has 2 atom stereocenters. The van der Waals surface area contributed by atoms with E-state index in [4.69, 9.17) is 14.6 Å².